The summed E-state index contributed by atoms with van der Waals surface area (Å²) >= 11 is 1.88. The smallest absolute Gasteiger partial charge is 0.258 e. The lowest BCUT2D eigenvalue weighted by atomic mass is 10.1. The zero-order valence-electron chi connectivity index (χ0n) is 10.4. The molecule has 0 aliphatic carbocycles. The van der Waals surface area contributed by atoms with Crippen molar-refractivity contribution in [3.05, 3.63) is 35.7 Å². The maximum absolute atomic E-state index is 8.85. The first-order chi connectivity index (χ1) is 9.38. The van der Waals surface area contributed by atoms with Gasteiger partial charge in [0.15, 0.2) is 5.82 Å². The molecule has 0 bridgehead atoms. The second-order valence-electron chi connectivity index (χ2n) is 4.45. The monoisotopic (exact) mass is 271 g/mol. The van der Waals surface area contributed by atoms with Crippen LogP contribution in [0.5, 0.6) is 0 Å². The zero-order valence-corrected chi connectivity index (χ0v) is 11.2. The molecule has 5 heteroatoms. The predicted octanol–water partition coefficient (Wildman–Crippen LogP) is 3.37. The molecule has 19 heavy (non-hydrogen) atoms. The quantitative estimate of drug-likeness (QED) is 0.856. The van der Waals surface area contributed by atoms with Gasteiger partial charge in [0.05, 0.1) is 17.7 Å². The van der Waals surface area contributed by atoms with Crippen LogP contribution in [0.25, 0.3) is 11.5 Å². The van der Waals surface area contributed by atoms with Crippen molar-refractivity contribution in [2.24, 2.45) is 0 Å². The van der Waals surface area contributed by atoms with E-state index >= 15 is 0 Å². The van der Waals surface area contributed by atoms with Crippen LogP contribution < -0.4 is 0 Å². The number of nitrogens with zero attached hydrogens (tertiary/aromatic N) is 3. The van der Waals surface area contributed by atoms with Crippen molar-refractivity contribution >= 4 is 11.8 Å². The first kappa shape index (κ1) is 12.2. The molecular formula is C14H13N3OS. The van der Waals surface area contributed by atoms with Gasteiger partial charge in [-0.1, -0.05) is 23.4 Å². The van der Waals surface area contributed by atoms with Crippen molar-refractivity contribution in [3.8, 4) is 17.5 Å². The maximum atomic E-state index is 8.85. The summed E-state index contributed by atoms with van der Waals surface area (Å²) in [4.78, 5) is 4.50. The summed E-state index contributed by atoms with van der Waals surface area (Å²) in [7, 11) is 0. The van der Waals surface area contributed by atoms with Gasteiger partial charge in [0.2, 0.25) is 0 Å². The third kappa shape index (κ3) is 2.49. The van der Waals surface area contributed by atoms with Crippen molar-refractivity contribution in [1.29, 1.82) is 5.26 Å². The van der Waals surface area contributed by atoms with Crippen LogP contribution in [0.2, 0.25) is 0 Å². The number of benzene rings is 1. The standard InChI is InChI=1S/C14H13N3OS/c15-8-7-10-4-1-2-5-11(10)14-16-13(17-18-14)12-6-3-9-19-12/h1-2,4-5,12H,3,6-7,9H2. The lowest BCUT2D eigenvalue weighted by Gasteiger charge is -2.01. The van der Waals surface area contributed by atoms with Crippen LogP contribution in [-0.2, 0) is 6.42 Å². The minimum atomic E-state index is 0.353. The molecule has 0 N–H and O–H groups in total. The van der Waals surface area contributed by atoms with Gasteiger partial charge < -0.3 is 4.52 Å². The predicted molar refractivity (Wildman–Crippen MR) is 73.5 cm³/mol. The average Bonchev–Trinajstić information content (AvgIpc) is 3.11. The Hall–Kier alpha value is -1.80. The van der Waals surface area contributed by atoms with Crippen molar-refractivity contribution in [1.82, 2.24) is 10.1 Å². The highest BCUT2D eigenvalue weighted by atomic mass is 32.2. The molecule has 0 spiro atoms. The van der Waals surface area contributed by atoms with E-state index in [4.69, 9.17) is 9.78 Å². The Kier molecular flexibility index (Phi) is 3.51. The molecular weight excluding hydrogens is 258 g/mol. The van der Waals surface area contributed by atoms with Gasteiger partial charge in [-0.25, -0.2) is 0 Å². The molecule has 1 saturated heterocycles. The summed E-state index contributed by atoms with van der Waals surface area (Å²) in [5.41, 5.74) is 1.80. The van der Waals surface area contributed by atoms with E-state index in [1.165, 1.54) is 12.2 Å². The molecule has 1 aliphatic rings. The fourth-order valence-electron chi connectivity index (χ4n) is 2.22. The van der Waals surface area contributed by atoms with Gasteiger partial charge in [0.25, 0.3) is 5.89 Å². The van der Waals surface area contributed by atoms with Crippen molar-refractivity contribution < 1.29 is 4.52 Å². The molecule has 0 amide bonds. The van der Waals surface area contributed by atoms with E-state index in [-0.39, 0.29) is 0 Å². The zero-order chi connectivity index (χ0) is 13.1. The Morgan fingerprint density at radius 2 is 2.32 bits per heavy atom. The largest absolute Gasteiger partial charge is 0.334 e. The van der Waals surface area contributed by atoms with Crippen LogP contribution in [0.3, 0.4) is 0 Å². The van der Waals surface area contributed by atoms with Crippen LogP contribution in [0.1, 0.15) is 29.5 Å². The van der Waals surface area contributed by atoms with Crippen LogP contribution in [0.15, 0.2) is 28.8 Å². The van der Waals surface area contributed by atoms with Crippen LogP contribution in [0.4, 0.5) is 0 Å². The Labute approximate surface area is 115 Å². The summed E-state index contributed by atoms with van der Waals surface area (Å²) in [6.07, 6.45) is 2.68. The highest BCUT2D eigenvalue weighted by Crippen LogP contribution is 2.39. The van der Waals surface area contributed by atoms with E-state index in [0.29, 0.717) is 17.6 Å². The van der Waals surface area contributed by atoms with Gasteiger partial charge in [-0.2, -0.15) is 22.0 Å². The molecule has 1 atom stereocenters. The molecule has 1 unspecified atom stereocenters. The van der Waals surface area contributed by atoms with E-state index in [9.17, 15) is 0 Å². The molecule has 1 aromatic carbocycles. The maximum Gasteiger partial charge on any atom is 0.258 e. The van der Waals surface area contributed by atoms with Crippen molar-refractivity contribution in [2.75, 3.05) is 5.75 Å². The Morgan fingerprint density at radius 1 is 1.42 bits per heavy atom. The number of nitriles is 1. The summed E-state index contributed by atoms with van der Waals surface area (Å²) in [5.74, 6) is 2.47. The summed E-state index contributed by atoms with van der Waals surface area (Å²) < 4.78 is 5.37. The highest BCUT2D eigenvalue weighted by Gasteiger charge is 2.23. The average molecular weight is 271 g/mol. The van der Waals surface area contributed by atoms with Crippen LogP contribution in [0, 0.1) is 11.3 Å². The summed E-state index contributed by atoms with van der Waals surface area (Å²) in [6.45, 7) is 0. The number of thioether (sulfide) groups is 1. The molecule has 96 valence electrons. The van der Waals surface area contributed by atoms with Crippen molar-refractivity contribution in [3.63, 3.8) is 0 Å². The molecule has 0 radical (unpaired) electrons. The molecule has 1 aromatic heterocycles. The summed E-state index contributed by atoms with van der Waals surface area (Å²) in [6, 6.07) is 9.85. The number of hydrogen-bond acceptors (Lipinski definition) is 5. The van der Waals surface area contributed by atoms with Gasteiger partial charge in [-0.05, 0) is 30.2 Å². The second kappa shape index (κ2) is 5.45. The second-order valence-corrected chi connectivity index (χ2v) is 5.76. The fourth-order valence-corrected chi connectivity index (χ4v) is 3.42. The number of aromatic nitrogens is 2. The SMILES string of the molecule is N#CCc1ccccc1-c1nc(C2CCCS2)no1. The molecule has 1 fully saturated rings. The minimum Gasteiger partial charge on any atom is -0.334 e. The van der Waals surface area contributed by atoms with E-state index in [1.807, 2.05) is 36.0 Å². The lowest BCUT2D eigenvalue weighted by molar-refractivity contribution is 0.421. The minimum absolute atomic E-state index is 0.353. The molecule has 0 saturated carbocycles. The third-order valence-corrected chi connectivity index (χ3v) is 4.55. The molecule has 2 heterocycles. The van der Waals surface area contributed by atoms with E-state index in [1.54, 1.807) is 0 Å². The van der Waals surface area contributed by atoms with E-state index in [0.717, 1.165) is 23.4 Å². The lowest BCUT2D eigenvalue weighted by Crippen LogP contribution is -1.92. The first-order valence-corrected chi connectivity index (χ1v) is 7.34. The molecule has 1 aliphatic heterocycles. The Bertz CT molecular complexity index is 611. The van der Waals surface area contributed by atoms with E-state index in [2.05, 4.69) is 16.2 Å². The number of hydrogen-bond donors (Lipinski definition) is 0. The molecule has 3 rings (SSSR count). The molecule has 2 aromatic rings. The van der Waals surface area contributed by atoms with Gasteiger partial charge in [0.1, 0.15) is 0 Å². The van der Waals surface area contributed by atoms with Crippen LogP contribution >= 0.6 is 11.8 Å². The molecule has 4 nitrogen and oxygen atoms in total. The fraction of sp³-hybridized carbons (Fsp3) is 0.357. The van der Waals surface area contributed by atoms with E-state index < -0.39 is 0 Å². The topological polar surface area (TPSA) is 62.7 Å². The van der Waals surface area contributed by atoms with Gasteiger partial charge in [0, 0.05) is 5.56 Å². The van der Waals surface area contributed by atoms with Gasteiger partial charge in [-0.15, -0.1) is 0 Å². The Morgan fingerprint density at radius 3 is 3.11 bits per heavy atom. The number of rotatable bonds is 3. The van der Waals surface area contributed by atoms with Gasteiger partial charge >= 0.3 is 0 Å². The highest BCUT2D eigenvalue weighted by molar-refractivity contribution is 7.99. The van der Waals surface area contributed by atoms with Gasteiger partial charge in [-0.3, -0.25) is 0 Å². The Balaban J connectivity index is 1.92. The van der Waals surface area contributed by atoms with Crippen molar-refractivity contribution in [2.45, 2.75) is 24.5 Å². The normalized spacial score (nSPS) is 18.4. The summed E-state index contributed by atoms with van der Waals surface area (Å²) in [5, 5.41) is 13.3. The third-order valence-electron chi connectivity index (χ3n) is 3.18. The van der Waals surface area contributed by atoms with Crippen LogP contribution in [-0.4, -0.2) is 15.9 Å². The first-order valence-electron chi connectivity index (χ1n) is 6.29.